The zero-order chi connectivity index (χ0) is 22.2. The lowest BCUT2D eigenvalue weighted by molar-refractivity contribution is -0.118. The number of benzene rings is 2. The van der Waals surface area contributed by atoms with Crippen LogP contribution >= 0.6 is 0 Å². The molecular formula is C25H26N2O4. The Kier molecular flexibility index (Phi) is 7.27. The zero-order valence-electron chi connectivity index (χ0n) is 17.8. The zero-order valence-corrected chi connectivity index (χ0v) is 17.8. The summed E-state index contributed by atoms with van der Waals surface area (Å²) in [6.07, 6.45) is 3.00. The molecule has 1 heterocycles. The first kappa shape index (κ1) is 21.9. The van der Waals surface area contributed by atoms with Gasteiger partial charge in [-0.15, -0.1) is 0 Å². The second-order valence-electron chi connectivity index (χ2n) is 7.35. The Morgan fingerprint density at radius 3 is 2.58 bits per heavy atom. The number of amides is 2. The molecule has 160 valence electrons. The summed E-state index contributed by atoms with van der Waals surface area (Å²) in [4.78, 5) is 25.6. The summed E-state index contributed by atoms with van der Waals surface area (Å²) in [7, 11) is 0. The van der Waals surface area contributed by atoms with E-state index in [-0.39, 0.29) is 24.3 Å². The third-order valence-electron chi connectivity index (χ3n) is 4.56. The van der Waals surface area contributed by atoms with Crippen LogP contribution in [0.5, 0.6) is 5.75 Å². The van der Waals surface area contributed by atoms with Crippen LogP contribution in [0.15, 0.2) is 77.0 Å². The number of rotatable bonds is 8. The number of ether oxygens (including phenoxy) is 1. The number of hydrogen-bond acceptors (Lipinski definition) is 4. The Hall–Kier alpha value is -3.80. The van der Waals surface area contributed by atoms with Crippen molar-refractivity contribution in [2.24, 2.45) is 0 Å². The van der Waals surface area contributed by atoms with Gasteiger partial charge in [0.25, 0.3) is 11.8 Å². The largest absolute Gasteiger partial charge is 0.491 e. The predicted molar refractivity (Wildman–Crippen MR) is 120 cm³/mol. The fraction of sp³-hybridized carbons (Fsp3) is 0.200. The molecule has 31 heavy (non-hydrogen) atoms. The van der Waals surface area contributed by atoms with Crippen LogP contribution in [0.1, 0.15) is 34.2 Å². The minimum absolute atomic E-state index is 0.0872. The fourth-order valence-corrected chi connectivity index (χ4v) is 2.93. The maximum atomic E-state index is 12.9. The van der Waals surface area contributed by atoms with Crippen molar-refractivity contribution in [1.29, 1.82) is 0 Å². The monoisotopic (exact) mass is 418 g/mol. The van der Waals surface area contributed by atoms with Gasteiger partial charge in [-0.25, -0.2) is 0 Å². The van der Waals surface area contributed by atoms with E-state index in [4.69, 9.17) is 9.15 Å². The first-order valence-corrected chi connectivity index (χ1v) is 10.0. The van der Waals surface area contributed by atoms with E-state index in [0.717, 1.165) is 16.9 Å². The molecule has 6 nitrogen and oxygen atoms in total. The molecular weight excluding hydrogens is 392 g/mol. The second-order valence-corrected chi connectivity index (χ2v) is 7.35. The van der Waals surface area contributed by atoms with Crippen LogP contribution < -0.4 is 15.4 Å². The Labute approximate surface area is 181 Å². The van der Waals surface area contributed by atoms with E-state index in [1.807, 2.05) is 51.1 Å². The van der Waals surface area contributed by atoms with Crippen LogP contribution in [-0.4, -0.2) is 24.5 Å². The highest BCUT2D eigenvalue weighted by Gasteiger charge is 2.18. The van der Waals surface area contributed by atoms with Crippen LogP contribution in [-0.2, 0) is 4.79 Å². The SMILES string of the molecule is Cc1cccc(C(=O)N/C(=C\c2ccco2)C(=O)N[C@H](C)COc2ccccc2C)c1. The summed E-state index contributed by atoms with van der Waals surface area (Å²) in [6.45, 7) is 5.99. The van der Waals surface area contributed by atoms with Gasteiger partial charge in [-0.1, -0.05) is 35.9 Å². The molecule has 2 N–H and O–H groups in total. The van der Waals surface area contributed by atoms with Gasteiger partial charge in [-0.2, -0.15) is 0 Å². The third-order valence-corrected chi connectivity index (χ3v) is 4.56. The van der Waals surface area contributed by atoms with E-state index >= 15 is 0 Å². The normalized spacial score (nSPS) is 12.2. The average Bonchev–Trinajstić information content (AvgIpc) is 3.26. The lowest BCUT2D eigenvalue weighted by Crippen LogP contribution is -2.41. The van der Waals surface area contributed by atoms with E-state index in [0.29, 0.717) is 11.3 Å². The molecule has 3 rings (SSSR count). The molecule has 0 saturated heterocycles. The maximum Gasteiger partial charge on any atom is 0.268 e. The van der Waals surface area contributed by atoms with Crippen molar-refractivity contribution in [2.75, 3.05) is 6.61 Å². The van der Waals surface area contributed by atoms with Gasteiger partial charge >= 0.3 is 0 Å². The summed E-state index contributed by atoms with van der Waals surface area (Å²) in [5.41, 5.74) is 2.53. The third kappa shape index (κ3) is 6.34. The minimum Gasteiger partial charge on any atom is -0.491 e. The molecule has 6 heteroatoms. The molecule has 0 spiro atoms. The van der Waals surface area contributed by atoms with Gasteiger partial charge in [0, 0.05) is 11.6 Å². The Morgan fingerprint density at radius 2 is 1.87 bits per heavy atom. The summed E-state index contributed by atoms with van der Waals surface area (Å²) in [5.74, 6) is 0.417. The molecule has 1 aromatic heterocycles. The van der Waals surface area contributed by atoms with Crippen LogP contribution in [0.2, 0.25) is 0 Å². The number of hydrogen-bond donors (Lipinski definition) is 2. The number of para-hydroxylation sites is 1. The van der Waals surface area contributed by atoms with Gasteiger partial charge < -0.3 is 19.8 Å². The highest BCUT2D eigenvalue weighted by Crippen LogP contribution is 2.16. The Bertz CT molecular complexity index is 1070. The highest BCUT2D eigenvalue weighted by molar-refractivity contribution is 6.05. The molecule has 0 radical (unpaired) electrons. The van der Waals surface area contributed by atoms with Gasteiger partial charge in [0.15, 0.2) is 0 Å². The van der Waals surface area contributed by atoms with E-state index in [1.54, 1.807) is 30.3 Å². The summed E-state index contributed by atoms with van der Waals surface area (Å²) in [5, 5.41) is 5.56. The molecule has 1 atom stereocenters. The lowest BCUT2D eigenvalue weighted by Gasteiger charge is -2.17. The lowest BCUT2D eigenvalue weighted by atomic mass is 10.1. The van der Waals surface area contributed by atoms with Crippen molar-refractivity contribution in [1.82, 2.24) is 10.6 Å². The molecule has 0 unspecified atom stereocenters. The van der Waals surface area contributed by atoms with Crippen molar-refractivity contribution in [3.05, 3.63) is 95.1 Å². The molecule has 0 aliphatic carbocycles. The maximum absolute atomic E-state index is 12.9. The van der Waals surface area contributed by atoms with Crippen molar-refractivity contribution < 1.29 is 18.7 Å². The Morgan fingerprint density at radius 1 is 1.06 bits per heavy atom. The molecule has 2 aromatic carbocycles. The first-order valence-electron chi connectivity index (χ1n) is 10.0. The van der Waals surface area contributed by atoms with Crippen molar-refractivity contribution in [2.45, 2.75) is 26.8 Å². The summed E-state index contributed by atoms with van der Waals surface area (Å²) >= 11 is 0. The van der Waals surface area contributed by atoms with E-state index < -0.39 is 5.91 Å². The quantitative estimate of drug-likeness (QED) is 0.536. The number of carbonyl (C=O) groups is 2. The predicted octanol–water partition coefficient (Wildman–Crippen LogP) is 4.25. The molecule has 0 aliphatic rings. The smallest absolute Gasteiger partial charge is 0.268 e. The van der Waals surface area contributed by atoms with E-state index in [1.165, 1.54) is 12.3 Å². The van der Waals surface area contributed by atoms with E-state index in [9.17, 15) is 9.59 Å². The minimum atomic E-state index is -0.432. The van der Waals surface area contributed by atoms with Gasteiger partial charge in [0.1, 0.15) is 23.8 Å². The summed E-state index contributed by atoms with van der Waals surface area (Å²) < 4.78 is 11.1. The first-order chi connectivity index (χ1) is 14.9. The highest BCUT2D eigenvalue weighted by atomic mass is 16.5. The van der Waals surface area contributed by atoms with Crippen LogP contribution in [0.3, 0.4) is 0 Å². The number of furan rings is 1. The van der Waals surface area contributed by atoms with Crippen LogP contribution in [0.4, 0.5) is 0 Å². The van der Waals surface area contributed by atoms with Crippen LogP contribution in [0, 0.1) is 13.8 Å². The molecule has 0 aliphatic heterocycles. The summed E-state index contributed by atoms with van der Waals surface area (Å²) in [6, 6.07) is 18.0. The van der Waals surface area contributed by atoms with Crippen LogP contribution in [0.25, 0.3) is 6.08 Å². The Balaban J connectivity index is 1.69. The standard InChI is InChI=1S/C25H26N2O4/c1-17-8-6-10-20(14-17)24(28)27-22(15-21-11-7-13-30-21)25(29)26-19(3)16-31-23-12-5-4-9-18(23)2/h4-15,19H,16H2,1-3H3,(H,26,29)(H,27,28)/b22-15-/t19-/m1/s1. The number of nitrogens with one attached hydrogen (secondary N) is 2. The molecule has 0 bridgehead atoms. The molecule has 3 aromatic rings. The topological polar surface area (TPSA) is 80.6 Å². The number of carbonyl (C=O) groups excluding carboxylic acids is 2. The number of aryl methyl sites for hydroxylation is 2. The van der Waals surface area contributed by atoms with Gasteiger partial charge in [-0.3, -0.25) is 9.59 Å². The molecule has 0 saturated carbocycles. The second kappa shape index (κ2) is 10.3. The van der Waals surface area contributed by atoms with Crippen molar-refractivity contribution in [3.63, 3.8) is 0 Å². The molecule has 2 amide bonds. The average molecular weight is 418 g/mol. The van der Waals surface area contributed by atoms with Gasteiger partial charge in [-0.05, 0) is 56.7 Å². The van der Waals surface area contributed by atoms with Gasteiger partial charge in [0.2, 0.25) is 0 Å². The molecule has 0 fully saturated rings. The van der Waals surface area contributed by atoms with Crippen molar-refractivity contribution >= 4 is 17.9 Å². The van der Waals surface area contributed by atoms with Crippen molar-refractivity contribution in [3.8, 4) is 5.75 Å². The van der Waals surface area contributed by atoms with Gasteiger partial charge in [0.05, 0.1) is 12.3 Å². The fourth-order valence-electron chi connectivity index (χ4n) is 2.93. The van der Waals surface area contributed by atoms with E-state index in [2.05, 4.69) is 10.6 Å².